The monoisotopic (exact) mass is 205 g/mol. The molecule has 1 aromatic heterocycles. The summed E-state index contributed by atoms with van der Waals surface area (Å²) in [5.41, 5.74) is 1.86. The summed E-state index contributed by atoms with van der Waals surface area (Å²) in [5, 5.41) is 5.65. The van der Waals surface area contributed by atoms with E-state index < -0.39 is 0 Å². The summed E-state index contributed by atoms with van der Waals surface area (Å²) in [6.45, 7) is 2.42. The third-order valence-corrected chi connectivity index (χ3v) is 2.29. The van der Waals surface area contributed by atoms with Crippen molar-refractivity contribution in [2.45, 2.75) is 32.4 Å². The van der Waals surface area contributed by atoms with E-state index >= 15 is 0 Å². The molecule has 15 heavy (non-hydrogen) atoms. The van der Waals surface area contributed by atoms with Crippen LogP contribution < -0.4 is 10.6 Å². The van der Waals surface area contributed by atoms with Crippen molar-refractivity contribution in [3.63, 3.8) is 0 Å². The van der Waals surface area contributed by atoms with E-state index in [2.05, 4.69) is 15.6 Å². The van der Waals surface area contributed by atoms with Crippen LogP contribution >= 0.6 is 0 Å². The number of pyridine rings is 1. The largest absolute Gasteiger partial charge is 0.335 e. The Labute approximate surface area is 89.1 Å². The van der Waals surface area contributed by atoms with Gasteiger partial charge in [0, 0.05) is 11.7 Å². The van der Waals surface area contributed by atoms with Crippen molar-refractivity contribution in [3.05, 3.63) is 29.6 Å². The van der Waals surface area contributed by atoms with Gasteiger partial charge >= 0.3 is 6.03 Å². The van der Waals surface area contributed by atoms with Gasteiger partial charge in [-0.25, -0.2) is 4.79 Å². The second-order valence-corrected chi connectivity index (χ2v) is 3.87. The maximum atomic E-state index is 11.3. The van der Waals surface area contributed by atoms with Crippen LogP contribution in [0.25, 0.3) is 0 Å². The highest BCUT2D eigenvalue weighted by Gasteiger charge is 2.22. The molecule has 1 aliphatic rings. The summed E-state index contributed by atoms with van der Waals surface area (Å²) in [6, 6.07) is 6.09. The summed E-state index contributed by atoms with van der Waals surface area (Å²) >= 11 is 0. The van der Waals surface area contributed by atoms with Gasteiger partial charge in [-0.15, -0.1) is 0 Å². The maximum Gasteiger partial charge on any atom is 0.315 e. The molecule has 2 amide bonds. The minimum Gasteiger partial charge on any atom is -0.335 e. The Kier molecular flexibility index (Phi) is 2.85. The lowest BCUT2D eigenvalue weighted by Crippen LogP contribution is -2.36. The predicted octanol–water partition coefficient (Wildman–Crippen LogP) is 1.35. The van der Waals surface area contributed by atoms with Gasteiger partial charge in [-0.2, -0.15) is 0 Å². The number of aryl methyl sites for hydroxylation is 1. The summed E-state index contributed by atoms with van der Waals surface area (Å²) in [6.07, 6.45) is 2.21. The predicted molar refractivity (Wildman–Crippen MR) is 57.4 cm³/mol. The second kappa shape index (κ2) is 4.29. The maximum absolute atomic E-state index is 11.3. The molecule has 0 radical (unpaired) electrons. The van der Waals surface area contributed by atoms with Crippen LogP contribution in [0.3, 0.4) is 0 Å². The zero-order valence-corrected chi connectivity index (χ0v) is 8.79. The molecule has 4 heteroatoms. The van der Waals surface area contributed by atoms with E-state index in [9.17, 15) is 4.79 Å². The van der Waals surface area contributed by atoms with Crippen LogP contribution in [0.1, 0.15) is 24.2 Å². The van der Waals surface area contributed by atoms with E-state index in [1.165, 1.54) is 0 Å². The number of hydrogen-bond acceptors (Lipinski definition) is 2. The molecule has 0 unspecified atom stereocenters. The number of urea groups is 1. The number of amides is 2. The highest BCUT2D eigenvalue weighted by Crippen LogP contribution is 2.18. The number of carbonyl (C=O) groups is 1. The van der Waals surface area contributed by atoms with Crippen LogP contribution in [0.4, 0.5) is 4.79 Å². The normalized spacial score (nSPS) is 14.7. The first-order chi connectivity index (χ1) is 7.24. The van der Waals surface area contributed by atoms with Crippen LogP contribution in [-0.2, 0) is 6.54 Å². The molecule has 1 heterocycles. The zero-order chi connectivity index (χ0) is 10.7. The molecule has 0 aliphatic heterocycles. The molecule has 0 atom stereocenters. The Morgan fingerprint density at radius 3 is 3.00 bits per heavy atom. The van der Waals surface area contributed by atoms with Gasteiger partial charge in [0.15, 0.2) is 0 Å². The van der Waals surface area contributed by atoms with Crippen molar-refractivity contribution in [3.8, 4) is 0 Å². The van der Waals surface area contributed by atoms with Gasteiger partial charge in [0.2, 0.25) is 0 Å². The van der Waals surface area contributed by atoms with Crippen LogP contribution in [0, 0.1) is 6.92 Å². The molecule has 1 aromatic rings. The number of aromatic nitrogens is 1. The van der Waals surface area contributed by atoms with E-state index in [-0.39, 0.29) is 6.03 Å². The van der Waals surface area contributed by atoms with Crippen LogP contribution in [0.15, 0.2) is 18.2 Å². The third kappa shape index (κ3) is 3.23. The van der Waals surface area contributed by atoms with Crippen molar-refractivity contribution >= 4 is 6.03 Å². The lowest BCUT2D eigenvalue weighted by atomic mass is 10.3. The van der Waals surface area contributed by atoms with Gasteiger partial charge in [-0.3, -0.25) is 4.98 Å². The lowest BCUT2D eigenvalue weighted by molar-refractivity contribution is 0.240. The van der Waals surface area contributed by atoms with E-state index in [0.717, 1.165) is 24.2 Å². The van der Waals surface area contributed by atoms with Crippen molar-refractivity contribution in [2.75, 3.05) is 0 Å². The molecule has 2 rings (SSSR count). The molecular formula is C11H15N3O. The number of nitrogens with zero attached hydrogens (tertiary/aromatic N) is 1. The van der Waals surface area contributed by atoms with Crippen molar-refractivity contribution < 1.29 is 4.79 Å². The SMILES string of the molecule is Cc1cccc(CNC(=O)NC2CC2)n1. The molecule has 1 fully saturated rings. The molecule has 0 saturated heterocycles. The molecule has 4 nitrogen and oxygen atoms in total. The van der Waals surface area contributed by atoms with Gasteiger partial charge in [0.25, 0.3) is 0 Å². The first-order valence-corrected chi connectivity index (χ1v) is 5.21. The van der Waals surface area contributed by atoms with Gasteiger partial charge in [0.1, 0.15) is 0 Å². The van der Waals surface area contributed by atoms with Crippen molar-refractivity contribution in [1.29, 1.82) is 0 Å². The fourth-order valence-electron chi connectivity index (χ4n) is 1.33. The summed E-state index contributed by atoms with van der Waals surface area (Å²) in [4.78, 5) is 15.6. The van der Waals surface area contributed by atoms with Crippen molar-refractivity contribution in [2.24, 2.45) is 0 Å². The molecular weight excluding hydrogens is 190 g/mol. The second-order valence-electron chi connectivity index (χ2n) is 3.87. The van der Waals surface area contributed by atoms with E-state index in [4.69, 9.17) is 0 Å². The molecule has 2 N–H and O–H groups in total. The van der Waals surface area contributed by atoms with Gasteiger partial charge in [-0.05, 0) is 31.9 Å². The molecule has 0 aromatic carbocycles. The minimum absolute atomic E-state index is 0.0965. The zero-order valence-electron chi connectivity index (χ0n) is 8.79. The number of rotatable bonds is 3. The van der Waals surface area contributed by atoms with Gasteiger partial charge < -0.3 is 10.6 Å². The molecule has 0 bridgehead atoms. The quantitative estimate of drug-likeness (QED) is 0.782. The Morgan fingerprint density at radius 1 is 1.53 bits per heavy atom. The number of hydrogen-bond donors (Lipinski definition) is 2. The van der Waals surface area contributed by atoms with E-state index in [0.29, 0.717) is 12.6 Å². The lowest BCUT2D eigenvalue weighted by Gasteiger charge is -2.06. The number of carbonyl (C=O) groups excluding carboxylic acids is 1. The molecule has 0 spiro atoms. The Morgan fingerprint density at radius 2 is 2.33 bits per heavy atom. The first-order valence-electron chi connectivity index (χ1n) is 5.21. The topological polar surface area (TPSA) is 54.0 Å². The molecule has 1 saturated carbocycles. The van der Waals surface area contributed by atoms with Gasteiger partial charge in [-0.1, -0.05) is 6.07 Å². The van der Waals surface area contributed by atoms with Gasteiger partial charge in [0.05, 0.1) is 12.2 Å². The fraction of sp³-hybridized carbons (Fsp3) is 0.455. The van der Waals surface area contributed by atoms with Crippen molar-refractivity contribution in [1.82, 2.24) is 15.6 Å². The van der Waals surface area contributed by atoms with E-state index in [1.807, 2.05) is 25.1 Å². The average Bonchev–Trinajstić information content (AvgIpc) is 2.99. The molecule has 1 aliphatic carbocycles. The third-order valence-electron chi connectivity index (χ3n) is 2.29. The fourth-order valence-corrected chi connectivity index (χ4v) is 1.33. The smallest absolute Gasteiger partial charge is 0.315 e. The van der Waals surface area contributed by atoms with Crippen LogP contribution in [0.5, 0.6) is 0 Å². The van der Waals surface area contributed by atoms with E-state index in [1.54, 1.807) is 0 Å². The minimum atomic E-state index is -0.0965. The highest BCUT2D eigenvalue weighted by molar-refractivity contribution is 5.74. The first kappa shape index (κ1) is 9.96. The Bertz CT molecular complexity index is 361. The van der Waals surface area contributed by atoms with Crippen LogP contribution in [-0.4, -0.2) is 17.1 Å². The summed E-state index contributed by atoms with van der Waals surface area (Å²) in [7, 11) is 0. The Balaban J connectivity index is 1.78. The highest BCUT2D eigenvalue weighted by atomic mass is 16.2. The summed E-state index contributed by atoms with van der Waals surface area (Å²) < 4.78 is 0. The average molecular weight is 205 g/mol. The summed E-state index contributed by atoms with van der Waals surface area (Å²) in [5.74, 6) is 0. The molecule has 80 valence electrons. The number of nitrogens with one attached hydrogen (secondary N) is 2. The Hall–Kier alpha value is -1.58. The standard InChI is InChI=1S/C11H15N3O/c1-8-3-2-4-10(13-8)7-12-11(15)14-9-5-6-9/h2-4,9H,5-7H2,1H3,(H2,12,14,15). The van der Waals surface area contributed by atoms with Crippen LogP contribution in [0.2, 0.25) is 0 Å².